The Balaban J connectivity index is 3.07. The average Bonchev–Trinajstić information content (AvgIpc) is 2.35. The van der Waals surface area contributed by atoms with Gasteiger partial charge in [-0.3, -0.25) is 0 Å². The molecule has 18 heavy (non-hydrogen) atoms. The van der Waals surface area contributed by atoms with Gasteiger partial charge in [0, 0.05) is 24.4 Å². The minimum atomic E-state index is -2.89. The van der Waals surface area contributed by atoms with Crippen LogP contribution in [-0.2, 0) is 4.74 Å². The van der Waals surface area contributed by atoms with Crippen LogP contribution in [0.1, 0.15) is 31.9 Å². The molecule has 0 aliphatic carbocycles. The van der Waals surface area contributed by atoms with Gasteiger partial charge in [0.1, 0.15) is 5.75 Å². The number of halogens is 2. The molecule has 0 N–H and O–H groups in total. The highest BCUT2D eigenvalue weighted by atomic mass is 19.3. The molecule has 0 amide bonds. The third-order valence-electron chi connectivity index (χ3n) is 2.38. The molecule has 1 atom stereocenters. The van der Waals surface area contributed by atoms with Crippen molar-refractivity contribution in [2.45, 2.75) is 33.0 Å². The standard InChI is InChI=1S/C12H17F2NO3/c1-4-9(17-5-2)8-7-15-11(16-3)6-10(8)18-12(13)14/h6-7,9,12H,4-5H2,1-3H3. The first-order chi connectivity index (χ1) is 8.62. The Labute approximate surface area is 105 Å². The number of nitrogens with zero attached hydrogens (tertiary/aromatic N) is 1. The molecule has 1 aromatic heterocycles. The van der Waals surface area contributed by atoms with E-state index in [9.17, 15) is 8.78 Å². The number of hydrogen-bond acceptors (Lipinski definition) is 4. The Morgan fingerprint density at radius 1 is 1.33 bits per heavy atom. The molecular formula is C12H17F2NO3. The highest BCUT2D eigenvalue weighted by molar-refractivity contribution is 5.37. The van der Waals surface area contributed by atoms with Gasteiger partial charge in [-0.25, -0.2) is 4.98 Å². The van der Waals surface area contributed by atoms with Gasteiger partial charge in [-0.2, -0.15) is 8.78 Å². The van der Waals surface area contributed by atoms with Gasteiger partial charge in [-0.15, -0.1) is 0 Å². The fourth-order valence-corrected chi connectivity index (χ4v) is 1.61. The topological polar surface area (TPSA) is 40.6 Å². The maximum Gasteiger partial charge on any atom is 0.387 e. The van der Waals surface area contributed by atoms with Gasteiger partial charge in [-0.05, 0) is 13.3 Å². The smallest absolute Gasteiger partial charge is 0.387 e. The first kappa shape index (κ1) is 14.6. The highest BCUT2D eigenvalue weighted by Crippen LogP contribution is 2.32. The van der Waals surface area contributed by atoms with Gasteiger partial charge in [-0.1, -0.05) is 6.92 Å². The van der Waals surface area contributed by atoms with E-state index in [-0.39, 0.29) is 17.7 Å². The van der Waals surface area contributed by atoms with E-state index in [0.29, 0.717) is 18.6 Å². The van der Waals surface area contributed by atoms with Gasteiger partial charge in [0.2, 0.25) is 5.88 Å². The molecule has 6 heteroatoms. The van der Waals surface area contributed by atoms with Crippen molar-refractivity contribution >= 4 is 0 Å². The third kappa shape index (κ3) is 3.80. The normalized spacial score (nSPS) is 12.6. The van der Waals surface area contributed by atoms with E-state index < -0.39 is 6.61 Å². The van der Waals surface area contributed by atoms with Gasteiger partial charge >= 0.3 is 6.61 Å². The van der Waals surface area contributed by atoms with Crippen molar-refractivity contribution in [3.8, 4) is 11.6 Å². The summed E-state index contributed by atoms with van der Waals surface area (Å²) in [5, 5.41) is 0. The third-order valence-corrected chi connectivity index (χ3v) is 2.38. The summed E-state index contributed by atoms with van der Waals surface area (Å²) in [5.74, 6) is 0.262. The van der Waals surface area contributed by atoms with E-state index in [2.05, 4.69) is 9.72 Å². The molecule has 0 radical (unpaired) electrons. The lowest BCUT2D eigenvalue weighted by Crippen LogP contribution is -2.10. The molecule has 0 aliphatic heterocycles. The monoisotopic (exact) mass is 261 g/mol. The van der Waals surface area contributed by atoms with Crippen LogP contribution in [0.5, 0.6) is 11.6 Å². The second-order valence-electron chi connectivity index (χ2n) is 3.50. The largest absolute Gasteiger partial charge is 0.481 e. The van der Waals surface area contributed by atoms with E-state index >= 15 is 0 Å². The number of aromatic nitrogens is 1. The van der Waals surface area contributed by atoms with Crippen LogP contribution >= 0.6 is 0 Å². The number of hydrogen-bond donors (Lipinski definition) is 0. The Morgan fingerprint density at radius 3 is 2.56 bits per heavy atom. The molecule has 0 saturated carbocycles. The maximum atomic E-state index is 12.4. The van der Waals surface area contributed by atoms with Crippen LogP contribution in [0.15, 0.2) is 12.3 Å². The number of ether oxygens (including phenoxy) is 3. The molecule has 0 aliphatic rings. The summed E-state index contributed by atoms with van der Waals surface area (Å²) in [7, 11) is 1.41. The molecule has 4 nitrogen and oxygen atoms in total. The summed E-state index contributed by atoms with van der Waals surface area (Å²) in [6.45, 7) is 1.33. The molecule has 0 saturated heterocycles. The molecule has 102 valence electrons. The zero-order valence-electron chi connectivity index (χ0n) is 10.7. The fraction of sp³-hybridized carbons (Fsp3) is 0.583. The van der Waals surface area contributed by atoms with Crippen molar-refractivity contribution in [3.05, 3.63) is 17.8 Å². The van der Waals surface area contributed by atoms with E-state index in [1.807, 2.05) is 13.8 Å². The van der Waals surface area contributed by atoms with Crippen LogP contribution < -0.4 is 9.47 Å². The summed E-state index contributed by atoms with van der Waals surface area (Å²) in [6.07, 6.45) is 1.77. The Kier molecular flexibility index (Phi) is 5.77. The molecule has 0 fully saturated rings. The van der Waals surface area contributed by atoms with E-state index in [1.54, 1.807) is 0 Å². The molecule has 0 bridgehead atoms. The van der Waals surface area contributed by atoms with Crippen LogP contribution in [0.4, 0.5) is 8.78 Å². The molecular weight excluding hydrogens is 244 g/mol. The van der Waals surface area contributed by atoms with E-state index in [1.165, 1.54) is 19.4 Å². The van der Waals surface area contributed by atoms with Crippen molar-refractivity contribution < 1.29 is 23.0 Å². The average molecular weight is 261 g/mol. The quantitative estimate of drug-likeness (QED) is 0.755. The molecule has 0 spiro atoms. The predicted molar refractivity (Wildman–Crippen MR) is 62.1 cm³/mol. The second-order valence-corrected chi connectivity index (χ2v) is 3.50. The van der Waals surface area contributed by atoms with Gasteiger partial charge in [0.15, 0.2) is 0 Å². The predicted octanol–water partition coefficient (Wildman–Crippen LogP) is 3.18. The minimum absolute atomic E-state index is 0.0390. The molecule has 1 rings (SSSR count). The van der Waals surface area contributed by atoms with Crippen LogP contribution in [-0.4, -0.2) is 25.3 Å². The minimum Gasteiger partial charge on any atom is -0.481 e. The van der Waals surface area contributed by atoms with Crippen LogP contribution in [0.25, 0.3) is 0 Å². The van der Waals surface area contributed by atoms with Crippen LogP contribution in [0.3, 0.4) is 0 Å². The Hall–Kier alpha value is -1.43. The van der Waals surface area contributed by atoms with Crippen LogP contribution in [0.2, 0.25) is 0 Å². The summed E-state index contributed by atoms with van der Waals surface area (Å²) < 4.78 is 39.6. The summed E-state index contributed by atoms with van der Waals surface area (Å²) >= 11 is 0. The number of methoxy groups -OCH3 is 1. The van der Waals surface area contributed by atoms with Crippen molar-refractivity contribution in [1.82, 2.24) is 4.98 Å². The second kappa shape index (κ2) is 7.10. The zero-order chi connectivity index (χ0) is 13.5. The lowest BCUT2D eigenvalue weighted by Gasteiger charge is -2.19. The highest BCUT2D eigenvalue weighted by Gasteiger charge is 2.19. The summed E-state index contributed by atoms with van der Waals surface area (Å²) in [5.41, 5.74) is 0.500. The SMILES string of the molecule is CCOC(CC)c1cnc(OC)cc1OC(F)F. The first-order valence-electron chi connectivity index (χ1n) is 5.72. The zero-order valence-corrected chi connectivity index (χ0v) is 10.7. The lowest BCUT2D eigenvalue weighted by molar-refractivity contribution is -0.0528. The lowest BCUT2D eigenvalue weighted by atomic mass is 10.1. The molecule has 1 unspecified atom stereocenters. The molecule has 1 aromatic rings. The van der Waals surface area contributed by atoms with Gasteiger partial charge in [0.05, 0.1) is 13.2 Å². The van der Waals surface area contributed by atoms with Crippen molar-refractivity contribution in [1.29, 1.82) is 0 Å². The summed E-state index contributed by atoms with van der Waals surface area (Å²) in [6, 6.07) is 1.34. The number of pyridine rings is 1. The fourth-order valence-electron chi connectivity index (χ4n) is 1.61. The number of rotatable bonds is 7. The van der Waals surface area contributed by atoms with Gasteiger partial charge in [0.25, 0.3) is 0 Å². The summed E-state index contributed by atoms with van der Waals surface area (Å²) in [4.78, 5) is 3.99. The number of alkyl halides is 2. The Morgan fingerprint density at radius 2 is 2.06 bits per heavy atom. The van der Waals surface area contributed by atoms with E-state index in [0.717, 1.165) is 0 Å². The van der Waals surface area contributed by atoms with Crippen LogP contribution in [0, 0.1) is 0 Å². The maximum absolute atomic E-state index is 12.4. The van der Waals surface area contributed by atoms with Crippen molar-refractivity contribution in [2.75, 3.05) is 13.7 Å². The first-order valence-corrected chi connectivity index (χ1v) is 5.72. The molecule has 1 heterocycles. The van der Waals surface area contributed by atoms with E-state index in [4.69, 9.17) is 9.47 Å². The van der Waals surface area contributed by atoms with Crippen molar-refractivity contribution in [3.63, 3.8) is 0 Å². The van der Waals surface area contributed by atoms with Crippen molar-refractivity contribution in [2.24, 2.45) is 0 Å². The van der Waals surface area contributed by atoms with Gasteiger partial charge < -0.3 is 14.2 Å². The Bertz CT molecular complexity index is 374. The molecule has 0 aromatic carbocycles.